The molecule has 0 amide bonds. The predicted molar refractivity (Wildman–Crippen MR) is 239 cm³/mol. The van der Waals surface area contributed by atoms with E-state index in [0.717, 1.165) is 44.8 Å². The molecule has 10 aromatic carbocycles. The van der Waals surface area contributed by atoms with E-state index in [-0.39, 0.29) is 0 Å². The maximum absolute atomic E-state index is 6.98. The van der Waals surface area contributed by atoms with Gasteiger partial charge in [0.1, 0.15) is 11.5 Å². The Morgan fingerprint density at radius 2 is 0.965 bits per heavy atom. The minimum absolute atomic E-state index is 0.874. The SMILES string of the molecule is c1ccc(-n2c3ccccc3c3c4cccc5c4c(cc32)Oc2cc(-c3ccc4c(c3)c3ccccc3n4-c3cc4ccccc4c4ccccc34)ccc2-5)cc1. The van der Waals surface area contributed by atoms with Gasteiger partial charge in [-0.2, -0.15) is 0 Å². The molecule has 0 saturated heterocycles. The summed E-state index contributed by atoms with van der Waals surface area (Å²) in [6, 6.07) is 70.6. The summed E-state index contributed by atoms with van der Waals surface area (Å²) in [5, 5.41) is 12.4. The number of hydrogen-bond acceptors (Lipinski definition) is 1. The van der Waals surface area contributed by atoms with Gasteiger partial charge in [-0.05, 0) is 92.8 Å². The average Bonchev–Trinajstić information content (AvgIpc) is 3.79. The average molecular weight is 725 g/mol. The molecule has 3 nitrogen and oxygen atoms in total. The molecule has 264 valence electrons. The Balaban J connectivity index is 0.992. The van der Waals surface area contributed by atoms with Crippen molar-refractivity contribution >= 4 is 75.9 Å². The molecule has 0 radical (unpaired) electrons. The van der Waals surface area contributed by atoms with Crippen molar-refractivity contribution in [3.63, 3.8) is 0 Å². The predicted octanol–water partition coefficient (Wildman–Crippen LogP) is 14.8. The van der Waals surface area contributed by atoms with Crippen molar-refractivity contribution in [1.82, 2.24) is 9.13 Å². The second kappa shape index (κ2) is 11.5. The molecular formula is C54H32N2O. The first-order valence-electron chi connectivity index (χ1n) is 19.6. The van der Waals surface area contributed by atoms with Gasteiger partial charge in [0.25, 0.3) is 0 Å². The summed E-state index contributed by atoms with van der Waals surface area (Å²) in [7, 11) is 0. The van der Waals surface area contributed by atoms with E-state index in [9.17, 15) is 0 Å². The number of rotatable bonds is 3. The highest BCUT2D eigenvalue weighted by Gasteiger charge is 2.25. The first kappa shape index (κ1) is 30.7. The smallest absolute Gasteiger partial charge is 0.138 e. The standard InChI is InChI=1S/C54H32N2O/c1-2-14-36(15-3-1)55-47-24-11-9-20-43(47)53-44-22-12-21-42-41-27-25-34(31-51(41)57-52(54(42)44)32-50(53)55)33-26-28-48-45(29-33)40-19-8-10-23-46(40)56(48)49-30-35-13-4-5-16-37(35)38-17-6-7-18-39(38)49/h1-32H. The normalized spacial score (nSPS) is 12.4. The van der Waals surface area contributed by atoms with Crippen LogP contribution >= 0.6 is 0 Å². The fourth-order valence-corrected chi connectivity index (χ4v) is 9.82. The second-order valence-electron chi connectivity index (χ2n) is 15.2. The van der Waals surface area contributed by atoms with Crippen LogP contribution in [0, 0.1) is 0 Å². The minimum atomic E-state index is 0.874. The lowest BCUT2D eigenvalue weighted by Crippen LogP contribution is -1.99. The fraction of sp³-hybridized carbons (Fsp3) is 0. The van der Waals surface area contributed by atoms with Gasteiger partial charge < -0.3 is 13.9 Å². The van der Waals surface area contributed by atoms with E-state index < -0.39 is 0 Å². The van der Waals surface area contributed by atoms with E-state index in [4.69, 9.17) is 4.74 Å². The van der Waals surface area contributed by atoms with Crippen molar-refractivity contribution < 1.29 is 4.74 Å². The molecule has 3 heterocycles. The number of aromatic nitrogens is 2. The van der Waals surface area contributed by atoms with Crippen LogP contribution in [0.15, 0.2) is 194 Å². The molecular weight excluding hydrogens is 693 g/mol. The van der Waals surface area contributed by atoms with E-state index in [1.54, 1.807) is 0 Å². The molecule has 0 bridgehead atoms. The zero-order chi connectivity index (χ0) is 37.2. The summed E-state index contributed by atoms with van der Waals surface area (Å²) in [6.45, 7) is 0. The summed E-state index contributed by atoms with van der Waals surface area (Å²) >= 11 is 0. The number of nitrogens with zero attached hydrogens (tertiary/aromatic N) is 2. The third-order valence-corrected chi connectivity index (χ3v) is 12.3. The zero-order valence-corrected chi connectivity index (χ0v) is 30.8. The van der Waals surface area contributed by atoms with Gasteiger partial charge in [-0.25, -0.2) is 0 Å². The Morgan fingerprint density at radius 3 is 1.82 bits per heavy atom. The summed E-state index contributed by atoms with van der Waals surface area (Å²) in [5.41, 5.74) is 11.6. The van der Waals surface area contributed by atoms with Crippen molar-refractivity contribution in [3.8, 4) is 45.1 Å². The largest absolute Gasteiger partial charge is 0.456 e. The van der Waals surface area contributed by atoms with Gasteiger partial charge in [-0.15, -0.1) is 0 Å². The van der Waals surface area contributed by atoms with Gasteiger partial charge in [0.15, 0.2) is 0 Å². The van der Waals surface area contributed by atoms with Gasteiger partial charge in [0.2, 0.25) is 0 Å². The van der Waals surface area contributed by atoms with Crippen molar-refractivity contribution in [2.75, 3.05) is 0 Å². The van der Waals surface area contributed by atoms with Gasteiger partial charge in [-0.1, -0.05) is 133 Å². The Hall–Kier alpha value is -7.62. The van der Waals surface area contributed by atoms with Crippen LogP contribution in [0.1, 0.15) is 0 Å². The Labute approximate surface area is 327 Å². The summed E-state index contributed by atoms with van der Waals surface area (Å²) in [4.78, 5) is 0. The monoisotopic (exact) mass is 724 g/mol. The molecule has 12 aromatic rings. The van der Waals surface area contributed by atoms with Gasteiger partial charge in [-0.3, -0.25) is 0 Å². The highest BCUT2D eigenvalue weighted by molar-refractivity contribution is 6.25. The lowest BCUT2D eigenvalue weighted by molar-refractivity contribution is 0.488. The van der Waals surface area contributed by atoms with Crippen molar-refractivity contribution in [1.29, 1.82) is 0 Å². The quantitative estimate of drug-likeness (QED) is 0.166. The van der Waals surface area contributed by atoms with Crippen LogP contribution < -0.4 is 4.74 Å². The number of para-hydroxylation sites is 3. The van der Waals surface area contributed by atoms with Crippen LogP contribution in [0.2, 0.25) is 0 Å². The summed E-state index contributed by atoms with van der Waals surface area (Å²) < 4.78 is 11.8. The van der Waals surface area contributed by atoms with Gasteiger partial charge in [0, 0.05) is 49.6 Å². The molecule has 2 aromatic heterocycles. The molecule has 1 aliphatic rings. The third-order valence-electron chi connectivity index (χ3n) is 12.3. The maximum atomic E-state index is 6.98. The lowest BCUT2D eigenvalue weighted by atomic mass is 9.91. The maximum Gasteiger partial charge on any atom is 0.138 e. The van der Waals surface area contributed by atoms with E-state index in [1.165, 1.54) is 76.3 Å². The van der Waals surface area contributed by atoms with Crippen molar-refractivity contribution in [2.45, 2.75) is 0 Å². The molecule has 0 spiro atoms. The van der Waals surface area contributed by atoms with Crippen LogP contribution in [0.4, 0.5) is 0 Å². The molecule has 57 heavy (non-hydrogen) atoms. The number of hydrogen-bond donors (Lipinski definition) is 0. The Morgan fingerprint density at radius 1 is 0.316 bits per heavy atom. The molecule has 0 unspecified atom stereocenters. The van der Waals surface area contributed by atoms with E-state index in [0.29, 0.717) is 0 Å². The molecule has 0 aliphatic carbocycles. The number of ether oxygens (including phenoxy) is 1. The Kier molecular flexibility index (Phi) is 6.16. The van der Waals surface area contributed by atoms with E-state index in [1.807, 2.05) is 0 Å². The van der Waals surface area contributed by atoms with E-state index >= 15 is 0 Å². The van der Waals surface area contributed by atoms with Crippen LogP contribution in [0.25, 0.3) is 110 Å². The minimum Gasteiger partial charge on any atom is -0.456 e. The molecule has 3 heteroatoms. The second-order valence-corrected chi connectivity index (χ2v) is 15.2. The van der Waals surface area contributed by atoms with Crippen molar-refractivity contribution in [2.24, 2.45) is 0 Å². The van der Waals surface area contributed by atoms with Crippen LogP contribution in [0.3, 0.4) is 0 Å². The Bertz CT molecular complexity index is 3660. The highest BCUT2D eigenvalue weighted by atomic mass is 16.5. The third kappa shape index (κ3) is 4.26. The summed E-state index contributed by atoms with van der Waals surface area (Å²) in [5.74, 6) is 1.76. The summed E-state index contributed by atoms with van der Waals surface area (Å²) in [6.07, 6.45) is 0. The first-order valence-corrected chi connectivity index (χ1v) is 19.6. The van der Waals surface area contributed by atoms with Crippen LogP contribution in [-0.4, -0.2) is 9.13 Å². The molecule has 0 atom stereocenters. The molecule has 13 rings (SSSR count). The highest BCUT2D eigenvalue weighted by Crippen LogP contribution is 2.51. The number of benzene rings is 10. The molecule has 0 fully saturated rings. The molecule has 1 aliphatic heterocycles. The lowest BCUT2D eigenvalue weighted by Gasteiger charge is -2.23. The van der Waals surface area contributed by atoms with E-state index in [2.05, 4.69) is 203 Å². The molecule has 0 saturated carbocycles. The van der Waals surface area contributed by atoms with Crippen LogP contribution in [-0.2, 0) is 0 Å². The van der Waals surface area contributed by atoms with Gasteiger partial charge >= 0.3 is 0 Å². The fourth-order valence-electron chi connectivity index (χ4n) is 9.82. The molecule has 0 N–H and O–H groups in total. The van der Waals surface area contributed by atoms with Gasteiger partial charge in [0.05, 0.1) is 27.8 Å². The first-order chi connectivity index (χ1) is 28.3. The van der Waals surface area contributed by atoms with Crippen LogP contribution in [0.5, 0.6) is 11.5 Å². The zero-order valence-electron chi connectivity index (χ0n) is 30.8. The number of fused-ring (bicyclic) bond motifs is 12. The van der Waals surface area contributed by atoms with Crippen molar-refractivity contribution in [3.05, 3.63) is 194 Å². The topological polar surface area (TPSA) is 19.1 Å².